The first kappa shape index (κ1) is 17.7. The summed E-state index contributed by atoms with van der Waals surface area (Å²) in [5.74, 6) is 0.802. The molecule has 3 fully saturated rings. The van der Waals surface area contributed by atoms with Crippen LogP contribution in [0.3, 0.4) is 0 Å². The Hall–Kier alpha value is -0.160. The maximum absolute atomic E-state index is 9.45. The molecule has 2 N–H and O–H groups in total. The lowest BCUT2D eigenvalue weighted by molar-refractivity contribution is 0.0148. The predicted octanol–water partition coefficient (Wildman–Crippen LogP) is 2.08. The van der Waals surface area contributed by atoms with Gasteiger partial charge in [-0.25, -0.2) is 0 Å². The summed E-state index contributed by atoms with van der Waals surface area (Å²) in [6.45, 7) is 8.92. The Kier molecular flexibility index (Phi) is 6.75. The summed E-state index contributed by atoms with van der Waals surface area (Å²) in [7, 11) is 0. The standard InChI is InChI=1S/C19H37N3O/c1-16-6-2-4-11-21(16)15-17-8-10-20-14-19(17)22-12-5-3-7-18(22)9-13-23/h16-20,23H,2-15H2,1H3. The summed E-state index contributed by atoms with van der Waals surface area (Å²) < 4.78 is 0. The van der Waals surface area contributed by atoms with E-state index in [1.807, 2.05) is 0 Å². The fourth-order valence-corrected chi connectivity index (χ4v) is 5.15. The molecule has 3 aliphatic rings. The normalized spacial score (nSPS) is 37.8. The Balaban J connectivity index is 1.64. The molecule has 4 atom stereocenters. The monoisotopic (exact) mass is 323 g/mol. The van der Waals surface area contributed by atoms with Crippen LogP contribution in [0.1, 0.15) is 58.3 Å². The Morgan fingerprint density at radius 3 is 2.70 bits per heavy atom. The Labute approximate surface area is 142 Å². The van der Waals surface area contributed by atoms with Crippen molar-refractivity contribution in [2.75, 3.05) is 39.3 Å². The van der Waals surface area contributed by atoms with Crippen molar-refractivity contribution in [2.24, 2.45) is 5.92 Å². The summed E-state index contributed by atoms with van der Waals surface area (Å²) in [5, 5.41) is 13.1. The lowest BCUT2D eigenvalue weighted by Gasteiger charge is -2.48. The van der Waals surface area contributed by atoms with E-state index < -0.39 is 0 Å². The molecule has 0 saturated carbocycles. The first-order valence-corrected chi connectivity index (χ1v) is 10.1. The zero-order chi connectivity index (χ0) is 16.1. The van der Waals surface area contributed by atoms with Gasteiger partial charge in [0.1, 0.15) is 0 Å². The van der Waals surface area contributed by atoms with E-state index in [0.717, 1.165) is 24.9 Å². The van der Waals surface area contributed by atoms with Crippen LogP contribution in [0.2, 0.25) is 0 Å². The average Bonchev–Trinajstić information content (AvgIpc) is 2.58. The van der Waals surface area contributed by atoms with Gasteiger partial charge in [0, 0.05) is 37.8 Å². The molecule has 0 aromatic carbocycles. The number of nitrogens with zero attached hydrogens (tertiary/aromatic N) is 2. The third kappa shape index (κ3) is 4.47. The molecule has 0 spiro atoms. The lowest BCUT2D eigenvalue weighted by atomic mass is 9.86. The summed E-state index contributed by atoms with van der Waals surface area (Å²) in [6, 6.07) is 2.06. The Morgan fingerprint density at radius 2 is 1.87 bits per heavy atom. The van der Waals surface area contributed by atoms with Gasteiger partial charge < -0.3 is 15.3 Å². The number of rotatable bonds is 5. The second-order valence-corrected chi connectivity index (χ2v) is 8.06. The van der Waals surface area contributed by atoms with Gasteiger partial charge in [-0.05, 0) is 71.0 Å². The Bertz CT molecular complexity index is 350. The van der Waals surface area contributed by atoms with E-state index in [2.05, 4.69) is 22.0 Å². The highest BCUT2D eigenvalue weighted by atomic mass is 16.3. The summed E-state index contributed by atoms with van der Waals surface area (Å²) >= 11 is 0. The van der Waals surface area contributed by atoms with E-state index in [0.29, 0.717) is 18.7 Å². The second-order valence-electron chi connectivity index (χ2n) is 8.06. The van der Waals surface area contributed by atoms with Crippen LogP contribution >= 0.6 is 0 Å². The molecule has 3 saturated heterocycles. The number of piperidine rings is 3. The smallest absolute Gasteiger partial charge is 0.0445 e. The summed E-state index contributed by atoms with van der Waals surface area (Å²) in [5.41, 5.74) is 0. The first-order valence-electron chi connectivity index (χ1n) is 10.1. The van der Waals surface area contributed by atoms with Crippen molar-refractivity contribution in [2.45, 2.75) is 76.4 Å². The highest BCUT2D eigenvalue weighted by Gasteiger charge is 2.36. The highest BCUT2D eigenvalue weighted by molar-refractivity contribution is 4.92. The summed E-state index contributed by atoms with van der Waals surface area (Å²) in [4.78, 5) is 5.53. The van der Waals surface area contributed by atoms with Crippen molar-refractivity contribution in [3.63, 3.8) is 0 Å². The fourth-order valence-electron chi connectivity index (χ4n) is 5.15. The predicted molar refractivity (Wildman–Crippen MR) is 95.7 cm³/mol. The first-order chi connectivity index (χ1) is 11.3. The number of aliphatic hydroxyl groups is 1. The lowest BCUT2D eigenvalue weighted by Crippen LogP contribution is -2.58. The number of hydrogen-bond acceptors (Lipinski definition) is 4. The minimum atomic E-state index is 0.342. The van der Waals surface area contributed by atoms with Crippen LogP contribution in [-0.4, -0.2) is 72.4 Å². The van der Waals surface area contributed by atoms with E-state index in [9.17, 15) is 5.11 Å². The van der Waals surface area contributed by atoms with Crippen LogP contribution in [0.4, 0.5) is 0 Å². The molecule has 4 heteroatoms. The molecular weight excluding hydrogens is 286 g/mol. The molecule has 3 rings (SSSR count). The van der Waals surface area contributed by atoms with Gasteiger partial charge in [-0.3, -0.25) is 4.90 Å². The van der Waals surface area contributed by atoms with Crippen LogP contribution in [0.15, 0.2) is 0 Å². The van der Waals surface area contributed by atoms with Crippen LogP contribution in [0, 0.1) is 5.92 Å². The zero-order valence-corrected chi connectivity index (χ0v) is 15.1. The van der Waals surface area contributed by atoms with E-state index in [-0.39, 0.29) is 0 Å². The van der Waals surface area contributed by atoms with Gasteiger partial charge in [0.15, 0.2) is 0 Å². The minimum absolute atomic E-state index is 0.342. The molecular formula is C19H37N3O. The molecule has 4 unspecified atom stereocenters. The van der Waals surface area contributed by atoms with Gasteiger partial charge in [0.05, 0.1) is 0 Å². The number of nitrogens with one attached hydrogen (secondary N) is 1. The third-order valence-corrected chi connectivity index (χ3v) is 6.56. The number of likely N-dealkylation sites (tertiary alicyclic amines) is 2. The van der Waals surface area contributed by atoms with Crippen molar-refractivity contribution in [3.8, 4) is 0 Å². The molecule has 3 heterocycles. The molecule has 0 aliphatic carbocycles. The van der Waals surface area contributed by atoms with Crippen molar-refractivity contribution in [1.29, 1.82) is 0 Å². The molecule has 0 aromatic rings. The number of hydrogen-bond donors (Lipinski definition) is 2. The van der Waals surface area contributed by atoms with Crippen molar-refractivity contribution in [1.82, 2.24) is 15.1 Å². The van der Waals surface area contributed by atoms with E-state index >= 15 is 0 Å². The summed E-state index contributed by atoms with van der Waals surface area (Å²) in [6.07, 6.45) is 10.4. The van der Waals surface area contributed by atoms with E-state index in [1.54, 1.807) is 0 Å². The average molecular weight is 324 g/mol. The van der Waals surface area contributed by atoms with E-state index in [1.165, 1.54) is 71.1 Å². The van der Waals surface area contributed by atoms with Gasteiger partial charge in [-0.2, -0.15) is 0 Å². The van der Waals surface area contributed by atoms with Crippen LogP contribution in [0.25, 0.3) is 0 Å². The molecule has 3 aliphatic heterocycles. The molecule has 0 radical (unpaired) electrons. The van der Waals surface area contributed by atoms with Gasteiger partial charge in [0.2, 0.25) is 0 Å². The Morgan fingerprint density at radius 1 is 1.04 bits per heavy atom. The van der Waals surface area contributed by atoms with Gasteiger partial charge in [-0.15, -0.1) is 0 Å². The highest BCUT2D eigenvalue weighted by Crippen LogP contribution is 2.29. The topological polar surface area (TPSA) is 38.7 Å². The number of aliphatic hydroxyl groups excluding tert-OH is 1. The second kappa shape index (κ2) is 8.80. The molecule has 0 amide bonds. The zero-order valence-electron chi connectivity index (χ0n) is 15.1. The molecule has 134 valence electrons. The minimum Gasteiger partial charge on any atom is -0.396 e. The van der Waals surface area contributed by atoms with Gasteiger partial charge in [-0.1, -0.05) is 12.8 Å². The largest absolute Gasteiger partial charge is 0.396 e. The molecule has 4 nitrogen and oxygen atoms in total. The maximum Gasteiger partial charge on any atom is 0.0445 e. The van der Waals surface area contributed by atoms with Crippen molar-refractivity contribution in [3.05, 3.63) is 0 Å². The quantitative estimate of drug-likeness (QED) is 0.812. The fraction of sp³-hybridized carbons (Fsp3) is 1.00. The van der Waals surface area contributed by atoms with Crippen molar-refractivity contribution >= 4 is 0 Å². The van der Waals surface area contributed by atoms with Gasteiger partial charge >= 0.3 is 0 Å². The van der Waals surface area contributed by atoms with E-state index in [4.69, 9.17) is 0 Å². The molecule has 0 bridgehead atoms. The van der Waals surface area contributed by atoms with Gasteiger partial charge in [0.25, 0.3) is 0 Å². The molecule has 23 heavy (non-hydrogen) atoms. The van der Waals surface area contributed by atoms with Crippen LogP contribution in [-0.2, 0) is 0 Å². The maximum atomic E-state index is 9.45. The molecule has 0 aromatic heterocycles. The van der Waals surface area contributed by atoms with Crippen LogP contribution in [0.5, 0.6) is 0 Å². The third-order valence-electron chi connectivity index (χ3n) is 6.56. The van der Waals surface area contributed by atoms with Crippen LogP contribution < -0.4 is 5.32 Å². The van der Waals surface area contributed by atoms with Crippen molar-refractivity contribution < 1.29 is 5.11 Å². The SMILES string of the molecule is CC1CCCCN1CC1CCNCC1N1CCCCC1CCO.